The first-order chi connectivity index (χ1) is 12.8. The van der Waals surface area contributed by atoms with Crippen LogP contribution in [0, 0.1) is 13.8 Å². The van der Waals surface area contributed by atoms with Crippen molar-refractivity contribution in [1.29, 1.82) is 0 Å². The average Bonchev–Trinajstić information content (AvgIpc) is 3.18. The highest BCUT2D eigenvalue weighted by molar-refractivity contribution is 7.89. The van der Waals surface area contributed by atoms with Gasteiger partial charge in [0.15, 0.2) is 0 Å². The van der Waals surface area contributed by atoms with Crippen molar-refractivity contribution in [2.24, 2.45) is 0 Å². The van der Waals surface area contributed by atoms with Gasteiger partial charge in [-0.3, -0.25) is 4.79 Å². The van der Waals surface area contributed by atoms with Crippen molar-refractivity contribution in [2.45, 2.75) is 50.5 Å². The summed E-state index contributed by atoms with van der Waals surface area (Å²) in [7, 11) is -1.89. The zero-order chi connectivity index (χ0) is 19.6. The molecule has 5 nitrogen and oxygen atoms in total. The second-order valence-electron chi connectivity index (χ2n) is 7.26. The Labute approximate surface area is 161 Å². The van der Waals surface area contributed by atoms with Gasteiger partial charge < -0.3 is 5.32 Å². The van der Waals surface area contributed by atoms with Crippen LogP contribution < -0.4 is 5.32 Å². The maximum absolute atomic E-state index is 12.8. The molecule has 2 aromatic carbocycles. The van der Waals surface area contributed by atoms with Crippen LogP contribution in [0.1, 0.15) is 47.2 Å². The number of nitrogens with zero attached hydrogens (tertiary/aromatic N) is 1. The van der Waals surface area contributed by atoms with Crippen LogP contribution in [0.2, 0.25) is 0 Å². The van der Waals surface area contributed by atoms with Crippen molar-refractivity contribution in [3.8, 4) is 0 Å². The maximum atomic E-state index is 12.8. The van der Waals surface area contributed by atoms with E-state index in [4.69, 9.17) is 0 Å². The number of sulfonamides is 1. The van der Waals surface area contributed by atoms with E-state index in [0.29, 0.717) is 5.56 Å². The molecule has 2 aromatic rings. The molecule has 0 saturated heterocycles. The molecule has 1 aliphatic rings. The molecule has 1 saturated carbocycles. The van der Waals surface area contributed by atoms with Gasteiger partial charge in [-0.05, 0) is 68.1 Å². The van der Waals surface area contributed by atoms with Gasteiger partial charge in [0.2, 0.25) is 10.0 Å². The maximum Gasteiger partial charge on any atom is 0.255 e. The third-order valence-electron chi connectivity index (χ3n) is 5.27. The molecule has 1 aliphatic carbocycles. The Morgan fingerprint density at radius 2 is 1.67 bits per heavy atom. The van der Waals surface area contributed by atoms with E-state index in [0.717, 1.165) is 42.5 Å². The molecule has 0 aromatic heterocycles. The number of hydrogen-bond donors (Lipinski definition) is 1. The lowest BCUT2D eigenvalue weighted by atomic mass is 10.1. The first-order valence-corrected chi connectivity index (χ1v) is 10.7. The summed E-state index contributed by atoms with van der Waals surface area (Å²) in [5, 5.41) is 2.89. The van der Waals surface area contributed by atoms with Gasteiger partial charge in [0.05, 0.1) is 4.90 Å². The van der Waals surface area contributed by atoms with Crippen LogP contribution >= 0.6 is 0 Å². The summed E-state index contributed by atoms with van der Waals surface area (Å²) in [5.41, 5.74) is 3.23. The van der Waals surface area contributed by atoms with E-state index in [1.165, 1.54) is 16.4 Å². The van der Waals surface area contributed by atoms with E-state index in [1.54, 1.807) is 19.2 Å². The molecule has 0 unspecified atom stereocenters. The van der Waals surface area contributed by atoms with Gasteiger partial charge in [-0.15, -0.1) is 0 Å². The molecule has 1 amide bonds. The summed E-state index contributed by atoms with van der Waals surface area (Å²) in [6, 6.07) is 12.1. The lowest BCUT2D eigenvalue weighted by Gasteiger charge is -2.23. The number of nitrogens with one attached hydrogen (secondary N) is 1. The first kappa shape index (κ1) is 19.6. The van der Waals surface area contributed by atoms with Crippen molar-refractivity contribution >= 4 is 21.6 Å². The zero-order valence-corrected chi connectivity index (χ0v) is 16.8. The standard InChI is InChI=1S/C21H26N2O3S/c1-15-8-9-16(2)20(14-15)22-21(24)17-10-12-19(13-11-17)27(25,26)23(3)18-6-4-5-7-18/h8-14,18H,4-7H2,1-3H3,(H,22,24). The number of aryl methyl sites for hydroxylation is 2. The lowest BCUT2D eigenvalue weighted by Crippen LogP contribution is -2.35. The fourth-order valence-electron chi connectivity index (χ4n) is 3.47. The lowest BCUT2D eigenvalue weighted by molar-refractivity contribution is 0.102. The Morgan fingerprint density at radius 1 is 1.04 bits per heavy atom. The molecular weight excluding hydrogens is 360 g/mol. The largest absolute Gasteiger partial charge is 0.322 e. The molecule has 1 fully saturated rings. The van der Waals surface area contributed by atoms with Crippen molar-refractivity contribution in [3.63, 3.8) is 0 Å². The van der Waals surface area contributed by atoms with E-state index in [9.17, 15) is 13.2 Å². The fraction of sp³-hybridized carbons (Fsp3) is 0.381. The molecule has 0 spiro atoms. The van der Waals surface area contributed by atoms with Crippen LogP contribution in [0.15, 0.2) is 47.4 Å². The number of anilines is 1. The van der Waals surface area contributed by atoms with Crippen molar-refractivity contribution in [2.75, 3.05) is 12.4 Å². The van der Waals surface area contributed by atoms with Gasteiger partial charge >= 0.3 is 0 Å². The summed E-state index contributed by atoms with van der Waals surface area (Å²) in [6.07, 6.45) is 3.96. The van der Waals surface area contributed by atoms with Crippen molar-refractivity contribution in [1.82, 2.24) is 4.31 Å². The molecule has 0 heterocycles. The summed E-state index contributed by atoms with van der Waals surface area (Å²) in [4.78, 5) is 12.7. The van der Waals surface area contributed by atoms with Crippen LogP contribution in [0.4, 0.5) is 5.69 Å². The third kappa shape index (κ3) is 4.22. The number of amides is 1. The van der Waals surface area contributed by atoms with Crippen LogP contribution in [-0.2, 0) is 10.0 Å². The quantitative estimate of drug-likeness (QED) is 0.841. The molecule has 0 radical (unpaired) electrons. The molecular formula is C21H26N2O3S. The van der Waals surface area contributed by atoms with Gasteiger partial charge in [-0.25, -0.2) is 8.42 Å². The van der Waals surface area contributed by atoms with E-state index >= 15 is 0 Å². The Balaban J connectivity index is 1.76. The van der Waals surface area contributed by atoms with E-state index in [1.807, 2.05) is 32.0 Å². The second-order valence-corrected chi connectivity index (χ2v) is 9.25. The number of carbonyl (C=O) groups is 1. The Morgan fingerprint density at radius 3 is 2.30 bits per heavy atom. The zero-order valence-electron chi connectivity index (χ0n) is 16.0. The number of rotatable bonds is 5. The molecule has 0 aliphatic heterocycles. The highest BCUT2D eigenvalue weighted by Gasteiger charge is 2.30. The summed E-state index contributed by atoms with van der Waals surface area (Å²) in [6.45, 7) is 3.90. The van der Waals surface area contributed by atoms with E-state index < -0.39 is 10.0 Å². The third-order valence-corrected chi connectivity index (χ3v) is 7.20. The van der Waals surface area contributed by atoms with Gasteiger partial charge in [0, 0.05) is 24.3 Å². The number of benzene rings is 2. The molecule has 3 rings (SSSR count). The SMILES string of the molecule is Cc1ccc(C)c(NC(=O)c2ccc(S(=O)(=O)N(C)C3CCCC3)cc2)c1. The van der Waals surface area contributed by atoms with Crippen molar-refractivity contribution < 1.29 is 13.2 Å². The minimum absolute atomic E-state index is 0.0715. The topological polar surface area (TPSA) is 66.5 Å². The monoisotopic (exact) mass is 386 g/mol. The molecule has 6 heteroatoms. The Bertz CT molecular complexity index is 930. The van der Waals surface area contributed by atoms with Gasteiger partial charge in [-0.1, -0.05) is 25.0 Å². The normalized spacial score (nSPS) is 15.3. The fourth-order valence-corrected chi connectivity index (χ4v) is 4.89. The predicted molar refractivity (Wildman–Crippen MR) is 108 cm³/mol. The van der Waals surface area contributed by atoms with Crippen LogP contribution in [0.5, 0.6) is 0 Å². The summed E-state index contributed by atoms with van der Waals surface area (Å²) in [5.74, 6) is -0.253. The minimum Gasteiger partial charge on any atom is -0.322 e. The highest BCUT2D eigenvalue weighted by Crippen LogP contribution is 2.27. The molecule has 0 bridgehead atoms. The van der Waals surface area contributed by atoms with Gasteiger partial charge in [0.25, 0.3) is 5.91 Å². The van der Waals surface area contributed by atoms with Gasteiger partial charge in [-0.2, -0.15) is 4.31 Å². The van der Waals surface area contributed by atoms with Crippen LogP contribution in [-0.4, -0.2) is 31.7 Å². The predicted octanol–water partition coefficient (Wildman–Crippen LogP) is 4.12. The summed E-state index contributed by atoms with van der Waals surface area (Å²) >= 11 is 0. The van der Waals surface area contributed by atoms with Gasteiger partial charge in [0.1, 0.15) is 0 Å². The van der Waals surface area contributed by atoms with E-state index in [-0.39, 0.29) is 16.8 Å². The average molecular weight is 387 g/mol. The van der Waals surface area contributed by atoms with Crippen LogP contribution in [0.25, 0.3) is 0 Å². The molecule has 1 N–H and O–H groups in total. The molecule has 27 heavy (non-hydrogen) atoms. The minimum atomic E-state index is -3.53. The smallest absolute Gasteiger partial charge is 0.255 e. The first-order valence-electron chi connectivity index (χ1n) is 9.26. The van der Waals surface area contributed by atoms with Crippen molar-refractivity contribution in [3.05, 3.63) is 59.2 Å². The van der Waals surface area contributed by atoms with E-state index in [2.05, 4.69) is 5.32 Å². The highest BCUT2D eigenvalue weighted by atomic mass is 32.2. The Kier molecular flexibility index (Phi) is 5.67. The second kappa shape index (κ2) is 7.82. The summed E-state index contributed by atoms with van der Waals surface area (Å²) < 4.78 is 27.1. The Hall–Kier alpha value is -2.18. The number of carbonyl (C=O) groups excluding carboxylic acids is 1. The number of hydrogen-bond acceptors (Lipinski definition) is 3. The molecule has 144 valence electrons. The van der Waals surface area contributed by atoms with Crippen LogP contribution in [0.3, 0.4) is 0 Å². The molecule has 0 atom stereocenters.